The van der Waals surface area contributed by atoms with Gasteiger partial charge in [-0.15, -0.1) is 0 Å². The van der Waals surface area contributed by atoms with Gasteiger partial charge in [-0.2, -0.15) is 0 Å². The minimum absolute atomic E-state index is 0.0777. The highest BCUT2D eigenvalue weighted by Crippen LogP contribution is 2.46. The van der Waals surface area contributed by atoms with E-state index in [0.29, 0.717) is 17.9 Å². The van der Waals surface area contributed by atoms with Gasteiger partial charge in [0.25, 0.3) is 5.56 Å². The van der Waals surface area contributed by atoms with Crippen molar-refractivity contribution in [2.45, 2.75) is 46.0 Å². The molecule has 3 atom stereocenters. The van der Waals surface area contributed by atoms with Crippen molar-refractivity contribution in [2.75, 3.05) is 29.5 Å². The zero-order valence-electron chi connectivity index (χ0n) is 20.3. The van der Waals surface area contributed by atoms with Crippen LogP contribution in [0.4, 0.5) is 22.9 Å². The summed E-state index contributed by atoms with van der Waals surface area (Å²) in [7, 11) is -4.91. The molecule has 36 heavy (non-hydrogen) atoms. The zero-order valence-corrected chi connectivity index (χ0v) is 21.2. The number of fused-ring (bicyclic) bond motifs is 2. The number of benzene rings is 1. The highest BCUT2D eigenvalue weighted by atomic mass is 31.2. The summed E-state index contributed by atoms with van der Waals surface area (Å²) < 4.78 is 15.1. The molecule has 0 saturated carbocycles. The summed E-state index contributed by atoms with van der Waals surface area (Å²) in [4.78, 5) is 50.8. The summed E-state index contributed by atoms with van der Waals surface area (Å²) in [5.74, 6) is 0.0777. The number of phosphoric acid groups is 1. The Kier molecular flexibility index (Phi) is 8.26. The number of phosphoric ester groups is 1. The number of aromatic nitrogens is 2. The Morgan fingerprint density at radius 1 is 1.03 bits per heavy atom. The average Bonchev–Trinajstić information content (AvgIpc) is 2.77. The number of β-amino-alcohol motifs (C(OH)–C–C–N with tert-alkyl or cyclic N) is 1. The lowest BCUT2D eigenvalue weighted by atomic mass is 10.0. The van der Waals surface area contributed by atoms with Crippen molar-refractivity contribution in [3.05, 3.63) is 55.7 Å². The van der Waals surface area contributed by atoms with E-state index in [9.17, 15) is 29.5 Å². The summed E-state index contributed by atoms with van der Waals surface area (Å²) in [5, 5.41) is 31.2. The Hall–Kier alpha value is -2.77. The van der Waals surface area contributed by atoms with Gasteiger partial charge in [0.1, 0.15) is 29.8 Å². The molecule has 2 aromatic rings. The number of hydrogen-bond donors (Lipinski definition) is 7. The van der Waals surface area contributed by atoms with Gasteiger partial charge in [-0.3, -0.25) is 19.3 Å². The molecule has 0 amide bonds. The fourth-order valence-electron chi connectivity index (χ4n) is 3.85. The van der Waals surface area contributed by atoms with E-state index in [1.54, 1.807) is 4.90 Å². The molecule has 0 saturated heterocycles. The molecule has 1 aromatic heterocycles. The number of rotatable bonds is 9. The first-order chi connectivity index (χ1) is 16.7. The van der Waals surface area contributed by atoms with Crippen molar-refractivity contribution in [1.82, 2.24) is 9.97 Å². The molecule has 1 aromatic carbocycles. The fraction of sp³-hybridized carbons (Fsp3) is 0.455. The minimum Gasteiger partial charge on any atom is -0.388 e. The molecule has 14 heteroatoms. The van der Waals surface area contributed by atoms with E-state index in [0.717, 1.165) is 16.7 Å². The highest BCUT2D eigenvalue weighted by Gasteiger charge is 2.36. The molecular formula is C22H31N4O9P. The first kappa shape index (κ1) is 27.8. The number of nitrogens with one attached hydrogen (secondary N) is 2. The average molecular weight is 526 g/mol. The quantitative estimate of drug-likeness (QED) is 0.176. The summed E-state index contributed by atoms with van der Waals surface area (Å²) >= 11 is 0. The molecular weight excluding hydrogens is 495 g/mol. The van der Waals surface area contributed by atoms with E-state index in [1.165, 1.54) is 4.90 Å². The van der Waals surface area contributed by atoms with Crippen molar-refractivity contribution >= 4 is 30.7 Å². The summed E-state index contributed by atoms with van der Waals surface area (Å²) in [6, 6.07) is 3.69. The summed E-state index contributed by atoms with van der Waals surface area (Å²) in [6.45, 7) is 6.61. The predicted octanol–water partition coefficient (Wildman–Crippen LogP) is 0.428. The van der Waals surface area contributed by atoms with Gasteiger partial charge >= 0.3 is 13.5 Å². The van der Waals surface area contributed by atoms with E-state index in [2.05, 4.69) is 14.5 Å². The maximum absolute atomic E-state index is 12.9. The van der Waals surface area contributed by atoms with Gasteiger partial charge in [-0.05, 0) is 51.0 Å². The Balaban J connectivity index is 2.08. The number of aryl methyl sites for hydroxylation is 2. The van der Waals surface area contributed by atoms with Gasteiger partial charge in [0.2, 0.25) is 0 Å². The number of aliphatic hydroxyl groups excluding tert-OH is 3. The van der Waals surface area contributed by atoms with Crippen molar-refractivity contribution in [3.63, 3.8) is 0 Å². The number of H-pyrrole nitrogens is 2. The predicted molar refractivity (Wildman–Crippen MR) is 133 cm³/mol. The first-order valence-electron chi connectivity index (χ1n) is 11.1. The smallest absolute Gasteiger partial charge is 0.388 e. The third kappa shape index (κ3) is 6.13. The lowest BCUT2D eigenvalue weighted by Crippen LogP contribution is -2.47. The molecule has 3 rings (SSSR count). The third-order valence-corrected chi connectivity index (χ3v) is 6.35. The number of hydrogen-bond acceptors (Lipinski definition) is 9. The van der Waals surface area contributed by atoms with Crippen LogP contribution in [0.5, 0.6) is 0 Å². The van der Waals surface area contributed by atoms with Gasteiger partial charge < -0.3 is 34.9 Å². The van der Waals surface area contributed by atoms with Crippen LogP contribution >= 0.6 is 7.82 Å². The third-order valence-electron chi connectivity index (χ3n) is 5.86. The second-order valence-corrected chi connectivity index (χ2v) is 10.2. The van der Waals surface area contributed by atoms with E-state index in [4.69, 9.17) is 9.79 Å². The van der Waals surface area contributed by atoms with Crippen LogP contribution in [-0.4, -0.2) is 73.1 Å². The Morgan fingerprint density at radius 3 is 2.17 bits per heavy atom. The molecule has 0 spiro atoms. The summed E-state index contributed by atoms with van der Waals surface area (Å²) in [5.41, 5.74) is 2.67. The van der Waals surface area contributed by atoms with E-state index < -0.39 is 44.0 Å². The lowest BCUT2D eigenvalue weighted by Gasteiger charge is -2.40. The molecule has 3 unspecified atom stereocenters. The largest absolute Gasteiger partial charge is 0.469 e. The maximum Gasteiger partial charge on any atom is 0.469 e. The maximum atomic E-state index is 12.9. The van der Waals surface area contributed by atoms with Crippen LogP contribution in [0.2, 0.25) is 0 Å². The van der Waals surface area contributed by atoms with Crippen LogP contribution in [0.1, 0.15) is 25.0 Å². The van der Waals surface area contributed by atoms with Crippen LogP contribution in [0.15, 0.2) is 33.4 Å². The topological polar surface area (TPSA) is 200 Å². The first-order valence-corrected chi connectivity index (χ1v) is 12.6. The molecule has 0 radical (unpaired) electrons. The van der Waals surface area contributed by atoms with Crippen molar-refractivity contribution in [2.24, 2.45) is 0 Å². The SMILES string of the molecule is CC(C)=CCN1c2cc(C)c(C)cc2N(CC(O)C(O)C(O)COP(=O)(O)O)c2[nH]c(=O)[nH]c(=O)c21. The van der Waals surface area contributed by atoms with Gasteiger partial charge in [-0.25, -0.2) is 9.36 Å². The molecule has 0 aliphatic carbocycles. The number of aromatic amines is 2. The molecule has 0 fully saturated rings. The fourth-order valence-corrected chi connectivity index (χ4v) is 4.20. The van der Waals surface area contributed by atoms with Crippen molar-refractivity contribution in [1.29, 1.82) is 0 Å². The molecule has 0 bridgehead atoms. The number of anilines is 4. The van der Waals surface area contributed by atoms with Crippen LogP contribution in [-0.2, 0) is 9.09 Å². The zero-order chi connectivity index (χ0) is 26.9. The highest BCUT2D eigenvalue weighted by molar-refractivity contribution is 7.46. The van der Waals surface area contributed by atoms with E-state index in [1.807, 2.05) is 45.9 Å². The number of allylic oxidation sites excluding steroid dienone is 1. The normalized spacial score (nSPS) is 15.7. The molecule has 7 N–H and O–H groups in total. The van der Waals surface area contributed by atoms with E-state index in [-0.39, 0.29) is 18.1 Å². The van der Waals surface area contributed by atoms with Crippen LogP contribution in [0.25, 0.3) is 0 Å². The monoisotopic (exact) mass is 526 g/mol. The van der Waals surface area contributed by atoms with Crippen LogP contribution in [0.3, 0.4) is 0 Å². The van der Waals surface area contributed by atoms with Crippen molar-refractivity contribution in [3.8, 4) is 0 Å². The summed E-state index contributed by atoms with van der Waals surface area (Å²) in [6.07, 6.45) is -3.45. The van der Waals surface area contributed by atoms with Crippen LogP contribution < -0.4 is 21.0 Å². The minimum atomic E-state index is -4.91. The second kappa shape index (κ2) is 10.7. The Bertz CT molecular complexity index is 1310. The molecule has 198 valence electrons. The molecule has 13 nitrogen and oxygen atoms in total. The standard InChI is InChI=1S/C22H31N4O9P/c1-11(2)5-6-25-14-7-12(3)13(4)8-15(14)26(20-18(25)21(30)24-22(31)23-20)9-16(27)19(29)17(28)10-35-36(32,33)34/h5,7-8,16-17,19,27-29H,6,9-10H2,1-4H3,(H2,32,33,34)(H2,23,24,30,31). The van der Waals surface area contributed by atoms with E-state index >= 15 is 0 Å². The van der Waals surface area contributed by atoms with Gasteiger partial charge in [0.15, 0.2) is 0 Å². The second-order valence-electron chi connectivity index (χ2n) is 8.94. The Labute approximate surface area is 206 Å². The molecule has 1 aliphatic heterocycles. The molecule has 1 aliphatic rings. The lowest BCUT2D eigenvalue weighted by molar-refractivity contribution is -0.0717. The Morgan fingerprint density at radius 2 is 1.61 bits per heavy atom. The van der Waals surface area contributed by atoms with Gasteiger partial charge in [0, 0.05) is 6.54 Å². The van der Waals surface area contributed by atoms with Gasteiger partial charge in [0.05, 0.1) is 24.5 Å². The van der Waals surface area contributed by atoms with Crippen molar-refractivity contribution < 1.29 is 34.2 Å². The number of nitrogens with zero attached hydrogens (tertiary/aromatic N) is 2. The van der Waals surface area contributed by atoms with Crippen LogP contribution in [0, 0.1) is 13.8 Å². The number of aliphatic hydroxyl groups is 3. The van der Waals surface area contributed by atoms with Gasteiger partial charge in [-0.1, -0.05) is 11.6 Å². The molecule has 2 heterocycles.